The third-order valence-electron chi connectivity index (χ3n) is 6.70. The summed E-state index contributed by atoms with van der Waals surface area (Å²) in [5.74, 6) is 0. The standard InChI is InChI=1S/C22H25F6N3O2/c1-14-3-4-17-15(11-14)12-16(29-17)13-31-8-2-5-20(31)6-9-30(10-7-20)19(32)33-18(21(23,24)25)22(26,27)28/h3-4,11-12,18,29H,2,5-10,13H2,1H3. The molecule has 0 saturated carbocycles. The number of aryl methyl sites for hydroxylation is 1. The summed E-state index contributed by atoms with van der Waals surface area (Å²) in [5, 5.41) is 1.11. The Bertz CT molecular complexity index is 994. The molecule has 1 aromatic heterocycles. The lowest BCUT2D eigenvalue weighted by Crippen LogP contribution is -2.54. The molecule has 1 spiro atoms. The van der Waals surface area contributed by atoms with Crippen molar-refractivity contribution in [3.05, 3.63) is 35.5 Å². The molecule has 1 amide bonds. The van der Waals surface area contributed by atoms with E-state index in [1.165, 1.54) is 0 Å². The average Bonchev–Trinajstić information content (AvgIpc) is 3.28. The van der Waals surface area contributed by atoms with Gasteiger partial charge < -0.3 is 14.6 Å². The number of carbonyl (C=O) groups excluding carboxylic acids is 1. The molecular formula is C22H25F6N3O2. The van der Waals surface area contributed by atoms with Crippen molar-refractivity contribution >= 4 is 17.0 Å². The van der Waals surface area contributed by atoms with Crippen LogP contribution in [-0.4, -0.2) is 64.5 Å². The van der Waals surface area contributed by atoms with Gasteiger partial charge in [0, 0.05) is 36.4 Å². The number of rotatable bonds is 3. The number of likely N-dealkylation sites (tertiary alicyclic amines) is 2. The summed E-state index contributed by atoms with van der Waals surface area (Å²) in [5.41, 5.74) is 2.99. The molecule has 0 aliphatic carbocycles. The first-order valence-electron chi connectivity index (χ1n) is 10.8. The number of benzene rings is 1. The Morgan fingerprint density at radius 2 is 1.73 bits per heavy atom. The molecule has 2 saturated heterocycles. The van der Waals surface area contributed by atoms with Gasteiger partial charge in [-0.25, -0.2) is 4.79 Å². The van der Waals surface area contributed by atoms with Gasteiger partial charge in [-0.3, -0.25) is 4.90 Å². The van der Waals surface area contributed by atoms with Crippen LogP contribution in [0.1, 0.15) is 36.9 Å². The van der Waals surface area contributed by atoms with E-state index in [9.17, 15) is 31.1 Å². The highest BCUT2D eigenvalue weighted by Crippen LogP contribution is 2.40. The predicted molar refractivity (Wildman–Crippen MR) is 109 cm³/mol. The van der Waals surface area contributed by atoms with Gasteiger partial charge in [0.05, 0.1) is 0 Å². The Morgan fingerprint density at radius 1 is 1.06 bits per heavy atom. The molecule has 2 aliphatic heterocycles. The van der Waals surface area contributed by atoms with Crippen LogP contribution >= 0.6 is 0 Å². The van der Waals surface area contributed by atoms with Crippen LogP contribution in [0, 0.1) is 6.92 Å². The smallest absolute Gasteiger partial charge is 0.426 e. The van der Waals surface area contributed by atoms with Crippen LogP contribution in [0.2, 0.25) is 0 Å². The Kier molecular flexibility index (Phi) is 6.05. The van der Waals surface area contributed by atoms with Gasteiger partial charge >= 0.3 is 18.4 Å². The second-order valence-electron chi connectivity index (χ2n) is 8.97. The summed E-state index contributed by atoms with van der Waals surface area (Å²) in [6.45, 7) is 3.60. The van der Waals surface area contributed by atoms with E-state index in [1.807, 2.05) is 19.1 Å². The molecular weight excluding hydrogens is 452 g/mol. The van der Waals surface area contributed by atoms with Crippen molar-refractivity contribution in [3.8, 4) is 0 Å². The summed E-state index contributed by atoms with van der Waals surface area (Å²) < 4.78 is 80.2. The zero-order chi connectivity index (χ0) is 24.0. The number of carbonyl (C=O) groups is 1. The van der Waals surface area contributed by atoms with Crippen LogP contribution in [-0.2, 0) is 11.3 Å². The molecule has 1 N–H and O–H groups in total. The number of H-pyrrole nitrogens is 1. The summed E-state index contributed by atoms with van der Waals surface area (Å²) in [7, 11) is 0. The lowest BCUT2D eigenvalue weighted by atomic mass is 9.85. The second-order valence-corrected chi connectivity index (χ2v) is 8.97. The largest absolute Gasteiger partial charge is 0.434 e. The zero-order valence-electron chi connectivity index (χ0n) is 18.0. The molecule has 2 aromatic rings. The van der Waals surface area contributed by atoms with Crippen LogP contribution in [0.3, 0.4) is 0 Å². The van der Waals surface area contributed by atoms with E-state index >= 15 is 0 Å². The molecule has 3 heterocycles. The number of nitrogens with one attached hydrogen (secondary N) is 1. The number of hydrogen-bond donors (Lipinski definition) is 1. The predicted octanol–water partition coefficient (Wildman–Crippen LogP) is 5.54. The number of hydrogen-bond acceptors (Lipinski definition) is 3. The van der Waals surface area contributed by atoms with Gasteiger partial charge in [-0.1, -0.05) is 11.6 Å². The summed E-state index contributed by atoms with van der Waals surface area (Å²) in [4.78, 5) is 18.7. The van der Waals surface area contributed by atoms with E-state index in [-0.39, 0.29) is 18.6 Å². The fourth-order valence-electron chi connectivity index (χ4n) is 5.01. The molecule has 5 nitrogen and oxygen atoms in total. The van der Waals surface area contributed by atoms with Crippen molar-refractivity contribution in [2.24, 2.45) is 0 Å². The number of ether oxygens (including phenoxy) is 1. The molecule has 2 fully saturated rings. The number of fused-ring (bicyclic) bond motifs is 1. The number of amides is 1. The maximum atomic E-state index is 12.7. The molecule has 1 aromatic carbocycles. The first kappa shape index (κ1) is 23.7. The topological polar surface area (TPSA) is 48.6 Å². The monoisotopic (exact) mass is 477 g/mol. The van der Waals surface area contributed by atoms with Crippen molar-refractivity contribution in [2.45, 2.75) is 63.1 Å². The van der Waals surface area contributed by atoms with E-state index in [1.54, 1.807) is 0 Å². The first-order chi connectivity index (χ1) is 15.4. The molecule has 182 valence electrons. The molecule has 33 heavy (non-hydrogen) atoms. The van der Waals surface area contributed by atoms with Crippen LogP contribution in [0.25, 0.3) is 10.9 Å². The number of piperidine rings is 1. The highest BCUT2D eigenvalue weighted by Gasteiger charge is 2.60. The first-order valence-corrected chi connectivity index (χ1v) is 10.8. The Labute approximate surface area is 186 Å². The second kappa shape index (κ2) is 8.41. The molecule has 2 aliphatic rings. The van der Waals surface area contributed by atoms with Crippen LogP contribution in [0.15, 0.2) is 24.3 Å². The van der Waals surface area contributed by atoms with E-state index in [2.05, 4.69) is 26.8 Å². The van der Waals surface area contributed by atoms with Crippen LogP contribution in [0.4, 0.5) is 31.1 Å². The fraction of sp³-hybridized carbons (Fsp3) is 0.591. The lowest BCUT2D eigenvalue weighted by molar-refractivity contribution is -0.308. The van der Waals surface area contributed by atoms with E-state index in [4.69, 9.17) is 0 Å². The average molecular weight is 477 g/mol. The molecule has 0 unspecified atom stereocenters. The minimum Gasteiger partial charge on any atom is -0.426 e. The summed E-state index contributed by atoms with van der Waals surface area (Å²) >= 11 is 0. The van der Waals surface area contributed by atoms with Crippen molar-refractivity contribution < 1.29 is 35.9 Å². The molecule has 0 radical (unpaired) electrons. The normalized spacial score (nSPS) is 19.7. The highest BCUT2D eigenvalue weighted by atomic mass is 19.4. The highest BCUT2D eigenvalue weighted by molar-refractivity contribution is 5.81. The maximum Gasteiger partial charge on any atom is 0.434 e. The van der Waals surface area contributed by atoms with Crippen molar-refractivity contribution in [3.63, 3.8) is 0 Å². The number of aromatic amines is 1. The van der Waals surface area contributed by atoms with Crippen molar-refractivity contribution in [1.82, 2.24) is 14.8 Å². The molecule has 0 atom stereocenters. The molecule has 4 rings (SSSR count). The Balaban J connectivity index is 1.40. The third kappa shape index (κ3) is 4.92. The van der Waals surface area contributed by atoms with Gasteiger partial charge in [0.25, 0.3) is 6.10 Å². The maximum absolute atomic E-state index is 12.7. The number of nitrogens with zero attached hydrogens (tertiary/aromatic N) is 2. The minimum absolute atomic E-state index is 0.0453. The van der Waals surface area contributed by atoms with E-state index in [0.717, 1.165) is 46.4 Å². The summed E-state index contributed by atoms with van der Waals surface area (Å²) in [6.07, 6.45) is -14.4. The quantitative estimate of drug-likeness (QED) is 0.591. The third-order valence-corrected chi connectivity index (χ3v) is 6.70. The Morgan fingerprint density at radius 3 is 2.36 bits per heavy atom. The van der Waals surface area contributed by atoms with Gasteiger partial charge in [-0.15, -0.1) is 0 Å². The number of alkyl halides is 6. The van der Waals surface area contributed by atoms with E-state index < -0.39 is 24.5 Å². The van der Waals surface area contributed by atoms with Gasteiger partial charge in [-0.2, -0.15) is 26.3 Å². The van der Waals surface area contributed by atoms with Gasteiger partial charge in [0.2, 0.25) is 0 Å². The summed E-state index contributed by atoms with van der Waals surface area (Å²) in [6, 6.07) is 8.23. The van der Waals surface area contributed by atoms with Gasteiger partial charge in [0.1, 0.15) is 0 Å². The SMILES string of the molecule is Cc1ccc2[nH]c(CN3CCCC34CCN(C(=O)OC(C(F)(F)F)C(F)(F)F)CC4)cc2c1. The van der Waals surface area contributed by atoms with E-state index in [0.29, 0.717) is 19.4 Å². The lowest BCUT2D eigenvalue weighted by Gasteiger charge is -2.44. The van der Waals surface area contributed by atoms with Crippen molar-refractivity contribution in [2.75, 3.05) is 19.6 Å². The van der Waals surface area contributed by atoms with Crippen LogP contribution in [0.5, 0.6) is 0 Å². The number of halogens is 6. The Hall–Kier alpha value is -2.43. The fourth-order valence-corrected chi connectivity index (χ4v) is 5.01. The molecule has 11 heteroatoms. The zero-order valence-corrected chi connectivity index (χ0v) is 18.0. The minimum atomic E-state index is -5.72. The van der Waals surface area contributed by atoms with Gasteiger partial charge in [0.15, 0.2) is 0 Å². The van der Waals surface area contributed by atoms with Crippen molar-refractivity contribution in [1.29, 1.82) is 0 Å². The number of aromatic nitrogens is 1. The van der Waals surface area contributed by atoms with Gasteiger partial charge in [-0.05, 0) is 62.7 Å². The van der Waals surface area contributed by atoms with Crippen LogP contribution < -0.4 is 0 Å². The molecule has 0 bridgehead atoms.